The van der Waals surface area contributed by atoms with E-state index >= 15 is 0 Å². The highest BCUT2D eigenvalue weighted by atomic mass is 19.4. The molecule has 1 aromatic heterocycles. The van der Waals surface area contributed by atoms with Crippen molar-refractivity contribution in [2.75, 3.05) is 5.32 Å². The molecular formula is C12H16F3N5O2. The molecule has 2 rings (SSSR count). The number of amides is 3. The van der Waals surface area contributed by atoms with Gasteiger partial charge < -0.3 is 10.6 Å². The van der Waals surface area contributed by atoms with Crippen molar-refractivity contribution in [3.05, 3.63) is 12.3 Å². The summed E-state index contributed by atoms with van der Waals surface area (Å²) < 4.78 is 37.3. The number of carbonyl (C=O) groups excluding carboxylic acids is 2. The van der Waals surface area contributed by atoms with Crippen LogP contribution in [0.15, 0.2) is 12.3 Å². The average molecular weight is 319 g/mol. The summed E-state index contributed by atoms with van der Waals surface area (Å²) in [5.41, 5.74) is 0. The summed E-state index contributed by atoms with van der Waals surface area (Å²) in [5, 5.41) is 11.0. The molecule has 7 nitrogen and oxygen atoms in total. The lowest BCUT2D eigenvalue weighted by Gasteiger charge is -2.13. The number of aromatic nitrogens is 2. The smallest absolute Gasteiger partial charge is 0.357 e. The number of anilines is 1. The van der Waals surface area contributed by atoms with E-state index in [1.165, 1.54) is 13.0 Å². The van der Waals surface area contributed by atoms with Crippen LogP contribution >= 0.6 is 0 Å². The van der Waals surface area contributed by atoms with E-state index in [0.29, 0.717) is 4.68 Å². The number of nitrogens with one attached hydrogen (secondary N) is 3. The molecule has 1 fully saturated rings. The molecule has 1 aromatic rings. The number of nitrogens with zero attached hydrogens (tertiary/aromatic N) is 2. The summed E-state index contributed by atoms with van der Waals surface area (Å²) in [6, 6.07) is 0.0387. The Hall–Kier alpha value is -2.26. The highest BCUT2D eigenvalue weighted by Crippen LogP contribution is 2.18. The normalized spacial score (nSPS) is 16.0. The number of alkyl halides is 3. The van der Waals surface area contributed by atoms with E-state index in [9.17, 15) is 22.8 Å². The molecule has 1 atom stereocenters. The fraction of sp³-hybridized carbons (Fsp3) is 0.583. The van der Waals surface area contributed by atoms with E-state index in [2.05, 4.69) is 21.0 Å². The van der Waals surface area contributed by atoms with Crippen LogP contribution in [0.3, 0.4) is 0 Å². The Morgan fingerprint density at radius 2 is 2.14 bits per heavy atom. The molecule has 1 saturated carbocycles. The van der Waals surface area contributed by atoms with E-state index < -0.39 is 30.7 Å². The van der Waals surface area contributed by atoms with Crippen molar-refractivity contribution < 1.29 is 22.8 Å². The molecule has 10 heteroatoms. The third kappa shape index (κ3) is 5.26. The van der Waals surface area contributed by atoms with Gasteiger partial charge in [-0.25, -0.2) is 4.79 Å². The fourth-order valence-electron chi connectivity index (χ4n) is 1.67. The van der Waals surface area contributed by atoms with Crippen LogP contribution < -0.4 is 16.0 Å². The van der Waals surface area contributed by atoms with Gasteiger partial charge in [0.05, 0.1) is 0 Å². The minimum atomic E-state index is -4.37. The summed E-state index contributed by atoms with van der Waals surface area (Å²) in [6.07, 6.45) is -1.43. The quantitative estimate of drug-likeness (QED) is 0.762. The summed E-state index contributed by atoms with van der Waals surface area (Å²) in [5.74, 6) is -0.474. The van der Waals surface area contributed by atoms with Crippen LogP contribution in [-0.2, 0) is 11.3 Å². The highest BCUT2D eigenvalue weighted by molar-refractivity contribution is 5.98. The second kappa shape index (κ2) is 6.24. The summed E-state index contributed by atoms with van der Waals surface area (Å²) in [7, 11) is 0. The zero-order valence-corrected chi connectivity index (χ0v) is 11.8. The molecule has 0 aromatic carbocycles. The number of imide groups is 1. The number of urea groups is 1. The average Bonchev–Trinajstić information content (AvgIpc) is 3.07. The molecule has 3 N–H and O–H groups in total. The molecule has 3 amide bonds. The molecule has 1 aliphatic carbocycles. The summed E-state index contributed by atoms with van der Waals surface area (Å²) in [6.45, 7) is 0.265. The number of rotatable bonds is 5. The third-order valence-corrected chi connectivity index (χ3v) is 2.89. The maximum Gasteiger partial charge on any atom is 0.408 e. The van der Waals surface area contributed by atoms with Crippen LogP contribution in [0, 0.1) is 0 Å². The maximum atomic E-state index is 12.2. The molecular weight excluding hydrogens is 303 g/mol. The van der Waals surface area contributed by atoms with E-state index in [4.69, 9.17) is 0 Å². The SMILES string of the molecule is C[C@@H](Nc1ccn(CC(F)(F)F)n1)C(=O)NC(=O)NC1CC1. The Bertz CT molecular complexity index is 553. The number of carbonyl (C=O) groups is 2. The van der Waals surface area contributed by atoms with Gasteiger partial charge in [-0.05, 0) is 19.8 Å². The first kappa shape index (κ1) is 16.1. The van der Waals surface area contributed by atoms with Gasteiger partial charge in [-0.2, -0.15) is 18.3 Å². The predicted molar refractivity (Wildman–Crippen MR) is 71.1 cm³/mol. The lowest BCUT2D eigenvalue weighted by molar-refractivity contribution is -0.142. The first-order valence-corrected chi connectivity index (χ1v) is 6.71. The molecule has 122 valence electrons. The summed E-state index contributed by atoms with van der Waals surface area (Å²) >= 11 is 0. The second-order valence-corrected chi connectivity index (χ2v) is 5.12. The Morgan fingerprint density at radius 3 is 2.73 bits per heavy atom. The van der Waals surface area contributed by atoms with Crippen LogP contribution in [0.1, 0.15) is 19.8 Å². The lowest BCUT2D eigenvalue weighted by Crippen LogP contribution is -2.46. The van der Waals surface area contributed by atoms with E-state index in [1.54, 1.807) is 0 Å². The minimum Gasteiger partial charge on any atom is -0.357 e. The van der Waals surface area contributed by atoms with Gasteiger partial charge in [-0.15, -0.1) is 0 Å². The van der Waals surface area contributed by atoms with E-state index in [-0.39, 0.29) is 11.9 Å². The van der Waals surface area contributed by atoms with Gasteiger partial charge in [0.2, 0.25) is 5.91 Å². The molecule has 1 aliphatic rings. The van der Waals surface area contributed by atoms with Gasteiger partial charge in [0.25, 0.3) is 0 Å². The topological polar surface area (TPSA) is 88.1 Å². The lowest BCUT2D eigenvalue weighted by atomic mass is 10.3. The van der Waals surface area contributed by atoms with Crippen molar-refractivity contribution >= 4 is 17.8 Å². The van der Waals surface area contributed by atoms with Gasteiger partial charge in [0.1, 0.15) is 18.4 Å². The fourth-order valence-corrected chi connectivity index (χ4v) is 1.67. The predicted octanol–water partition coefficient (Wildman–Crippen LogP) is 1.23. The van der Waals surface area contributed by atoms with Gasteiger partial charge in [-0.1, -0.05) is 0 Å². The van der Waals surface area contributed by atoms with Crippen molar-refractivity contribution in [2.24, 2.45) is 0 Å². The van der Waals surface area contributed by atoms with Crippen molar-refractivity contribution in [1.82, 2.24) is 20.4 Å². The first-order valence-electron chi connectivity index (χ1n) is 6.71. The van der Waals surface area contributed by atoms with E-state index in [0.717, 1.165) is 19.0 Å². The maximum absolute atomic E-state index is 12.2. The van der Waals surface area contributed by atoms with Crippen LogP contribution in [0.4, 0.5) is 23.8 Å². The van der Waals surface area contributed by atoms with Crippen LogP contribution in [-0.4, -0.2) is 40.0 Å². The molecule has 22 heavy (non-hydrogen) atoms. The standard InChI is InChI=1S/C12H16F3N5O2/c1-7(10(21)18-11(22)17-8-2-3-8)16-9-4-5-20(19-9)6-12(13,14)15/h4-5,7-8H,2-3,6H2,1H3,(H,16,19)(H2,17,18,21,22)/t7-/m1/s1. The van der Waals surface area contributed by atoms with Crippen molar-refractivity contribution in [2.45, 2.75) is 44.6 Å². The molecule has 0 unspecified atom stereocenters. The van der Waals surface area contributed by atoms with Gasteiger partial charge in [0.15, 0.2) is 0 Å². The van der Waals surface area contributed by atoms with E-state index in [1.807, 2.05) is 0 Å². The Morgan fingerprint density at radius 1 is 1.45 bits per heavy atom. The number of hydrogen-bond acceptors (Lipinski definition) is 4. The van der Waals surface area contributed by atoms with Crippen LogP contribution in [0.2, 0.25) is 0 Å². The third-order valence-electron chi connectivity index (χ3n) is 2.89. The van der Waals surface area contributed by atoms with Gasteiger partial charge in [-0.3, -0.25) is 14.8 Å². The van der Waals surface area contributed by atoms with Crippen LogP contribution in [0.25, 0.3) is 0 Å². The molecule has 0 saturated heterocycles. The molecule has 0 bridgehead atoms. The zero-order valence-electron chi connectivity index (χ0n) is 11.8. The minimum absolute atomic E-state index is 0.120. The molecule has 1 heterocycles. The highest BCUT2D eigenvalue weighted by Gasteiger charge is 2.28. The number of hydrogen-bond donors (Lipinski definition) is 3. The molecule has 0 radical (unpaired) electrons. The molecule has 0 spiro atoms. The van der Waals surface area contributed by atoms with Crippen molar-refractivity contribution in [3.63, 3.8) is 0 Å². The second-order valence-electron chi connectivity index (χ2n) is 5.12. The van der Waals surface area contributed by atoms with Crippen molar-refractivity contribution in [3.8, 4) is 0 Å². The Kier molecular flexibility index (Phi) is 4.57. The summed E-state index contributed by atoms with van der Waals surface area (Å²) in [4.78, 5) is 23.2. The Balaban J connectivity index is 1.81. The van der Waals surface area contributed by atoms with Gasteiger partial charge in [0, 0.05) is 18.3 Å². The monoisotopic (exact) mass is 319 g/mol. The number of halogens is 3. The largest absolute Gasteiger partial charge is 0.408 e. The zero-order chi connectivity index (χ0) is 16.3. The Labute approximate surface area is 124 Å². The van der Waals surface area contributed by atoms with Gasteiger partial charge >= 0.3 is 12.2 Å². The molecule has 0 aliphatic heterocycles. The van der Waals surface area contributed by atoms with Crippen LogP contribution in [0.5, 0.6) is 0 Å². The van der Waals surface area contributed by atoms with Crippen molar-refractivity contribution in [1.29, 1.82) is 0 Å². The first-order chi connectivity index (χ1) is 10.2.